The highest BCUT2D eigenvalue weighted by Crippen LogP contribution is 2.63. The van der Waals surface area contributed by atoms with E-state index >= 15 is 0 Å². The van der Waals surface area contributed by atoms with Gasteiger partial charge in [0, 0.05) is 24.5 Å². The van der Waals surface area contributed by atoms with Gasteiger partial charge in [-0.1, -0.05) is 258 Å². The van der Waals surface area contributed by atoms with Crippen LogP contribution in [0.1, 0.15) is 313 Å². The van der Waals surface area contributed by atoms with E-state index in [4.69, 9.17) is 33.2 Å². The number of nitrogens with zero attached hydrogens (tertiary/aromatic N) is 2. The van der Waals surface area contributed by atoms with Crippen molar-refractivity contribution in [3.8, 4) is 80.8 Å². The molecule has 0 spiro atoms. The fourth-order valence-corrected chi connectivity index (χ4v) is 24.3. The molecule has 24 rings (SSSR count). The molecule has 10 fully saturated rings. The molecule has 0 atom stereocenters. The van der Waals surface area contributed by atoms with Gasteiger partial charge in [0.05, 0.1) is 0 Å². The van der Waals surface area contributed by atoms with Gasteiger partial charge in [-0.3, -0.25) is 0 Å². The zero-order valence-corrected chi connectivity index (χ0v) is 90.6. The molecular weight excluding hydrogens is 1830 g/mol. The summed E-state index contributed by atoms with van der Waals surface area (Å²) in [6.45, 7) is 33.8. The molecule has 0 amide bonds. The van der Waals surface area contributed by atoms with E-state index in [0.29, 0.717) is 45.8 Å². The normalized spacial score (nSPS) is 19.9. The molecule has 2 aromatic heterocycles. The Morgan fingerprint density at radius 2 is 0.527 bits per heavy atom. The average Bonchev–Trinajstić information content (AvgIpc) is 0.737. The average molecular weight is 1990 g/mol. The maximum Gasteiger partial charge on any atom is 0.219 e. The Hall–Kier alpha value is -12.7. The van der Waals surface area contributed by atoms with E-state index < -0.39 is 0 Å². The van der Waals surface area contributed by atoms with Gasteiger partial charge in [-0.2, -0.15) is 0 Å². The maximum absolute atomic E-state index is 14.0. The van der Waals surface area contributed by atoms with Crippen LogP contribution < -0.4 is 33.2 Å². The molecule has 8 bridgehead atoms. The van der Waals surface area contributed by atoms with Gasteiger partial charge in [-0.05, 0) is 451 Å². The highest BCUT2D eigenvalue weighted by Gasteiger charge is 2.53. The summed E-state index contributed by atoms with van der Waals surface area (Å²) in [5.41, 5.74) is 18.7. The van der Waals surface area contributed by atoms with Crippen LogP contribution in [0.4, 0.5) is 13.2 Å². The van der Waals surface area contributed by atoms with Crippen LogP contribution >= 0.6 is 0 Å². The van der Waals surface area contributed by atoms with Crippen molar-refractivity contribution in [2.24, 2.45) is 35.5 Å². The van der Waals surface area contributed by atoms with Crippen molar-refractivity contribution in [2.75, 3.05) is 0 Å². The van der Waals surface area contributed by atoms with Crippen molar-refractivity contribution in [3.05, 3.63) is 405 Å². The Kier molecular flexibility index (Phi) is 36.2. The van der Waals surface area contributed by atoms with Crippen molar-refractivity contribution in [2.45, 2.75) is 310 Å². The van der Waals surface area contributed by atoms with E-state index in [1.165, 1.54) is 217 Å². The molecule has 0 unspecified atom stereocenters. The van der Waals surface area contributed by atoms with E-state index in [9.17, 15) is 13.2 Å². The molecule has 14 aromatic rings. The molecule has 2 heterocycles. The van der Waals surface area contributed by atoms with E-state index in [1.54, 1.807) is 23.8 Å². The molecule has 10 saturated carbocycles. The first kappa shape index (κ1) is 108. The van der Waals surface area contributed by atoms with Crippen LogP contribution in [0.5, 0.6) is 80.8 Å². The van der Waals surface area contributed by atoms with Crippen LogP contribution in [0, 0.1) is 101 Å². The van der Waals surface area contributed by atoms with Gasteiger partial charge in [0.1, 0.15) is 51.7 Å². The van der Waals surface area contributed by atoms with Crippen LogP contribution in [0.25, 0.3) is 0 Å². The van der Waals surface area contributed by atoms with E-state index in [2.05, 4.69) is 207 Å². The second kappa shape index (κ2) is 49.6. The molecule has 12 heteroatoms. The summed E-state index contributed by atoms with van der Waals surface area (Å²) in [7, 11) is 0. The van der Waals surface area contributed by atoms with Crippen LogP contribution in [-0.2, 0) is 27.1 Å². The first-order valence-electron chi connectivity index (χ1n) is 54.9. The lowest BCUT2D eigenvalue weighted by atomic mass is 9.48. The predicted octanol–water partition coefficient (Wildman–Crippen LogP) is 39.8. The zero-order chi connectivity index (χ0) is 104. The van der Waals surface area contributed by atoms with Crippen LogP contribution in [0.2, 0.25) is 0 Å². The molecule has 9 nitrogen and oxygen atoms in total. The monoisotopic (exact) mass is 1990 g/mol. The molecular formula is C136H157F3N2O7. The molecule has 0 saturated heterocycles. The molecule has 10 aliphatic rings. The standard InChI is InChI=1S/C23H25FO.C23H26O.C19H21FO.C18H21FO.C18H21NO.C18H23NO.C17H20O/c1-15-2-7-22(21(24)8-15)25-20-5-3-19(4-6-20)23-12-16-9-17(13-23)11-18(10-16)14-23;1-16-2-6-21(7-3-16)24-22-8-4-20(5-9-22)23-13-17-10-18(14-23)12-19(11-17)15-23;1-14-7-12-19(18(20)13-14)21-17-10-8-16(9-11-17)15-5-3-2-4-6-15;1-5-18(3,4)14-7-9-15(10-8-14)20-17-11-6-13(2)12-16(17)19;1-14-7-12-18(19-13-14)20-17-10-8-16(9-11-17)15-5-3-2-4-6-15;1-5-12-18(3,4)15-7-9-16(10-8-15)20-17-11-6-14(2)13-19-17;1-13-5-9-15(10-6-13)18-16-11-7-14(8-12-16)17(2,3)4/h2-8,16-18H,9-14H2,1H3;2-9,17-19H,10-15H2,1H3;7-13,15H,2-6H2,1H3;6-12H,5H2,1-4H3;7-13,15H,2-6H2,1H3;6-11,13H,5,12H2,1-4H3;5-12H,1-4H3. The van der Waals surface area contributed by atoms with E-state index in [0.717, 1.165) is 116 Å². The largest absolute Gasteiger partial charge is 0.457 e. The number of benzene rings is 12. The predicted molar refractivity (Wildman–Crippen MR) is 601 cm³/mol. The quantitative estimate of drug-likeness (QED) is 0.0621. The number of ether oxygens (including phenoxy) is 7. The summed E-state index contributed by atoms with van der Waals surface area (Å²) < 4.78 is 81.8. The Morgan fingerprint density at radius 3 is 0.804 bits per heavy atom. The van der Waals surface area contributed by atoms with Gasteiger partial charge in [0.15, 0.2) is 34.7 Å². The fraction of sp³-hybridized carbons (Fsp3) is 0.397. The lowest BCUT2D eigenvalue weighted by Crippen LogP contribution is -2.48. The Balaban J connectivity index is 0.000000124. The third kappa shape index (κ3) is 29.9. The van der Waals surface area contributed by atoms with Crippen LogP contribution in [0.15, 0.2) is 310 Å². The third-order valence-corrected chi connectivity index (χ3v) is 32.3. The highest BCUT2D eigenvalue weighted by atomic mass is 19.1. The minimum atomic E-state index is -0.331. The van der Waals surface area contributed by atoms with Gasteiger partial charge in [-0.25, -0.2) is 23.1 Å². The second-order valence-electron chi connectivity index (χ2n) is 46.4. The number of halogens is 3. The van der Waals surface area contributed by atoms with Gasteiger partial charge >= 0.3 is 0 Å². The third-order valence-electron chi connectivity index (χ3n) is 32.3. The first-order chi connectivity index (χ1) is 71.2. The molecule has 0 aliphatic heterocycles. The molecule has 774 valence electrons. The van der Waals surface area contributed by atoms with Gasteiger partial charge in [-0.15, -0.1) is 0 Å². The second-order valence-corrected chi connectivity index (χ2v) is 46.4. The lowest BCUT2D eigenvalue weighted by Gasteiger charge is -2.57. The smallest absolute Gasteiger partial charge is 0.219 e. The number of aryl methyl sites for hydroxylation is 7. The zero-order valence-electron chi connectivity index (χ0n) is 90.6. The van der Waals surface area contributed by atoms with Gasteiger partial charge in [0.25, 0.3) is 0 Å². The van der Waals surface area contributed by atoms with Crippen molar-refractivity contribution in [1.82, 2.24) is 9.97 Å². The van der Waals surface area contributed by atoms with E-state index in [1.807, 2.05) is 187 Å². The number of rotatable bonds is 23. The Labute approximate surface area is 882 Å². The van der Waals surface area contributed by atoms with Crippen molar-refractivity contribution >= 4 is 0 Å². The highest BCUT2D eigenvalue weighted by molar-refractivity contribution is 5.46. The summed E-state index contributed by atoms with van der Waals surface area (Å²) in [4.78, 5) is 8.52. The summed E-state index contributed by atoms with van der Waals surface area (Å²) in [6.07, 6.45) is 37.8. The molecule has 0 N–H and O–H groups in total. The minimum Gasteiger partial charge on any atom is -0.457 e. The maximum atomic E-state index is 14.0. The molecule has 0 radical (unpaired) electrons. The first-order valence-corrected chi connectivity index (χ1v) is 54.9. The Morgan fingerprint density at radius 1 is 0.270 bits per heavy atom. The van der Waals surface area contributed by atoms with Crippen molar-refractivity contribution in [3.63, 3.8) is 0 Å². The van der Waals surface area contributed by atoms with Crippen LogP contribution in [0.3, 0.4) is 0 Å². The minimum absolute atomic E-state index is 0.146. The SMILES string of the molecule is CCC(C)(C)c1ccc(Oc2ccc(C)cc2F)cc1.CCCC(C)(C)c1ccc(Oc2ccc(C)cn2)cc1.Cc1ccc(Oc2ccc(C(C)(C)C)cc2)cc1.Cc1ccc(Oc2ccc(C34CC5CC(CC(C5)C3)C4)cc2)c(F)c1.Cc1ccc(Oc2ccc(C34CC5CC(CC(C5)C3)C4)cc2)cc1.Cc1ccc(Oc2ccc(C3CCCCC3)cc2)c(F)c1.Cc1ccc(Oc2ccc(C3CCCCC3)cc2)nc1. The Bertz CT molecular complexity index is 6450. The molecule has 12 aromatic carbocycles. The topological polar surface area (TPSA) is 90.4 Å². The number of pyridine rings is 2. The molecule has 148 heavy (non-hydrogen) atoms. The summed E-state index contributed by atoms with van der Waals surface area (Å²) in [5, 5.41) is 0. The molecule has 10 aliphatic carbocycles. The van der Waals surface area contributed by atoms with Crippen LogP contribution in [-0.4, -0.2) is 9.97 Å². The van der Waals surface area contributed by atoms with Crippen molar-refractivity contribution in [1.29, 1.82) is 0 Å². The number of aromatic nitrogens is 2. The lowest BCUT2D eigenvalue weighted by molar-refractivity contribution is -0.00532. The van der Waals surface area contributed by atoms with Crippen molar-refractivity contribution < 1.29 is 46.3 Å². The van der Waals surface area contributed by atoms with Gasteiger partial charge in [0.2, 0.25) is 11.8 Å². The summed E-state index contributed by atoms with van der Waals surface area (Å²) in [5.74, 6) is 15.9. The number of hydrogen-bond acceptors (Lipinski definition) is 9. The van der Waals surface area contributed by atoms with Gasteiger partial charge < -0.3 is 33.2 Å². The number of hydrogen-bond donors (Lipinski definition) is 0. The summed E-state index contributed by atoms with van der Waals surface area (Å²) in [6, 6.07) is 98.1. The van der Waals surface area contributed by atoms with E-state index in [-0.39, 0.29) is 45.2 Å². The summed E-state index contributed by atoms with van der Waals surface area (Å²) >= 11 is 0. The fourth-order valence-electron chi connectivity index (χ4n) is 24.3.